The maximum absolute atomic E-state index is 12.9. The van der Waals surface area contributed by atoms with Crippen molar-refractivity contribution >= 4 is 35.1 Å². The van der Waals surface area contributed by atoms with Gasteiger partial charge in [0, 0.05) is 12.1 Å². The van der Waals surface area contributed by atoms with Crippen molar-refractivity contribution < 1.29 is 19.2 Å². The minimum absolute atomic E-state index is 0.151. The molecule has 0 radical (unpaired) electrons. The van der Waals surface area contributed by atoms with Gasteiger partial charge in [0.1, 0.15) is 5.54 Å². The molecule has 0 unspecified atom stereocenters. The summed E-state index contributed by atoms with van der Waals surface area (Å²) in [6.07, 6.45) is 2.88. The van der Waals surface area contributed by atoms with E-state index in [4.69, 9.17) is 0 Å². The zero-order chi connectivity index (χ0) is 22.0. The number of hydrogen-bond donors (Lipinski definition) is 3. The number of carbonyl (C=O) groups excluding carboxylic acids is 4. The molecule has 1 aromatic carbocycles. The van der Waals surface area contributed by atoms with Crippen molar-refractivity contribution in [2.45, 2.75) is 44.7 Å². The van der Waals surface area contributed by atoms with Crippen LogP contribution in [-0.4, -0.2) is 34.3 Å². The monoisotopic (exact) mass is 440 g/mol. The largest absolute Gasteiger partial charge is 0.347 e. The third-order valence-electron chi connectivity index (χ3n) is 5.92. The Balaban J connectivity index is 1.35. The molecular formula is C22H24N4O4S. The topological polar surface area (TPSA) is 108 Å². The second kappa shape index (κ2) is 8.50. The second-order valence-electron chi connectivity index (χ2n) is 8.13. The van der Waals surface area contributed by atoms with Gasteiger partial charge in [-0.2, -0.15) is 5.01 Å². The third-order valence-corrected chi connectivity index (χ3v) is 6.79. The number of rotatable bonds is 5. The van der Waals surface area contributed by atoms with Gasteiger partial charge < -0.3 is 10.6 Å². The Bertz CT molecular complexity index is 995. The summed E-state index contributed by atoms with van der Waals surface area (Å²) < 4.78 is 0. The lowest BCUT2D eigenvalue weighted by Gasteiger charge is -2.33. The fourth-order valence-corrected chi connectivity index (χ4v) is 4.57. The highest BCUT2D eigenvalue weighted by Crippen LogP contribution is 2.35. The normalized spacial score (nSPS) is 23.0. The Kier molecular flexibility index (Phi) is 5.77. The van der Waals surface area contributed by atoms with Crippen molar-refractivity contribution in [3.8, 4) is 0 Å². The number of thiophene rings is 1. The van der Waals surface area contributed by atoms with Gasteiger partial charge in [-0.05, 0) is 60.7 Å². The summed E-state index contributed by atoms with van der Waals surface area (Å²) >= 11 is 1.37. The van der Waals surface area contributed by atoms with E-state index in [-0.39, 0.29) is 5.91 Å². The minimum Gasteiger partial charge on any atom is -0.347 e. The summed E-state index contributed by atoms with van der Waals surface area (Å²) in [6.45, 7) is 2.46. The molecule has 2 aromatic rings. The molecule has 5 amide bonds. The van der Waals surface area contributed by atoms with Crippen molar-refractivity contribution in [3.63, 3.8) is 0 Å². The number of hydrogen-bond acceptors (Lipinski definition) is 5. The van der Waals surface area contributed by atoms with Gasteiger partial charge in [-0.1, -0.05) is 25.1 Å². The average Bonchev–Trinajstić information content (AvgIpc) is 3.38. The lowest BCUT2D eigenvalue weighted by Crippen LogP contribution is -2.51. The standard InChI is InChI=1S/C22H24N4O4S/c1-14-8-10-22(11-9-14)20(29)26(21(30)24-22)25-18(27)16-6-4-15(5-7-16)13-23-19(28)17-3-2-12-31-17/h2-7,12,14H,8-11,13H2,1H3,(H,23,28)(H,24,30)(H,25,27). The van der Waals surface area contributed by atoms with Gasteiger partial charge in [-0.15, -0.1) is 11.3 Å². The van der Waals surface area contributed by atoms with Gasteiger partial charge in [0.15, 0.2) is 0 Å². The number of carbonyl (C=O) groups is 4. The Labute approximate surface area is 184 Å². The van der Waals surface area contributed by atoms with Crippen LogP contribution in [0.2, 0.25) is 0 Å². The molecule has 4 rings (SSSR count). The van der Waals surface area contributed by atoms with Crippen LogP contribution in [0.5, 0.6) is 0 Å². The van der Waals surface area contributed by atoms with Crippen LogP contribution >= 0.6 is 11.3 Å². The quantitative estimate of drug-likeness (QED) is 0.622. The molecule has 0 bridgehead atoms. The zero-order valence-electron chi connectivity index (χ0n) is 17.1. The molecule has 2 fully saturated rings. The number of urea groups is 1. The molecule has 162 valence electrons. The molecule has 1 saturated heterocycles. The Morgan fingerprint density at radius 2 is 1.84 bits per heavy atom. The van der Waals surface area contributed by atoms with E-state index in [1.54, 1.807) is 30.3 Å². The molecule has 2 aliphatic rings. The SMILES string of the molecule is CC1CCC2(CC1)NC(=O)N(NC(=O)c1ccc(CNC(=O)c3cccs3)cc1)C2=O. The van der Waals surface area contributed by atoms with Crippen LogP contribution in [0.15, 0.2) is 41.8 Å². The van der Waals surface area contributed by atoms with Crippen LogP contribution in [0.4, 0.5) is 4.79 Å². The molecule has 1 spiro atoms. The molecule has 0 atom stereocenters. The third kappa shape index (κ3) is 4.32. The summed E-state index contributed by atoms with van der Waals surface area (Å²) in [4.78, 5) is 50.4. The molecular weight excluding hydrogens is 416 g/mol. The predicted octanol–water partition coefficient (Wildman–Crippen LogP) is 2.82. The van der Waals surface area contributed by atoms with Crippen molar-refractivity contribution in [1.82, 2.24) is 21.1 Å². The highest BCUT2D eigenvalue weighted by molar-refractivity contribution is 7.12. The van der Waals surface area contributed by atoms with Crippen LogP contribution in [0.1, 0.15) is 58.2 Å². The zero-order valence-corrected chi connectivity index (χ0v) is 18.0. The minimum atomic E-state index is -0.901. The predicted molar refractivity (Wildman–Crippen MR) is 115 cm³/mol. The molecule has 1 saturated carbocycles. The Hall–Kier alpha value is -3.20. The average molecular weight is 441 g/mol. The number of nitrogens with one attached hydrogen (secondary N) is 3. The molecule has 1 aliphatic carbocycles. The van der Waals surface area contributed by atoms with Crippen LogP contribution in [0.25, 0.3) is 0 Å². The van der Waals surface area contributed by atoms with Crippen LogP contribution in [0.3, 0.4) is 0 Å². The highest BCUT2D eigenvalue weighted by atomic mass is 32.1. The van der Waals surface area contributed by atoms with Crippen molar-refractivity contribution in [2.75, 3.05) is 0 Å². The second-order valence-corrected chi connectivity index (χ2v) is 9.08. The molecule has 1 aliphatic heterocycles. The number of benzene rings is 1. The fraction of sp³-hybridized carbons (Fsp3) is 0.364. The number of amides is 5. The molecule has 2 heterocycles. The molecule has 31 heavy (non-hydrogen) atoms. The molecule has 3 N–H and O–H groups in total. The maximum atomic E-state index is 12.9. The summed E-state index contributed by atoms with van der Waals surface area (Å²) in [7, 11) is 0. The highest BCUT2D eigenvalue weighted by Gasteiger charge is 2.52. The van der Waals surface area contributed by atoms with Crippen molar-refractivity contribution in [1.29, 1.82) is 0 Å². The first-order valence-electron chi connectivity index (χ1n) is 10.3. The number of imide groups is 1. The van der Waals surface area contributed by atoms with E-state index in [0.29, 0.717) is 35.7 Å². The first-order chi connectivity index (χ1) is 14.9. The fourth-order valence-electron chi connectivity index (χ4n) is 3.93. The summed E-state index contributed by atoms with van der Waals surface area (Å²) in [5, 5.41) is 8.24. The van der Waals surface area contributed by atoms with Crippen molar-refractivity contribution in [3.05, 3.63) is 57.8 Å². The van der Waals surface area contributed by atoms with E-state index < -0.39 is 23.4 Å². The lowest BCUT2D eigenvalue weighted by atomic mass is 9.77. The number of hydrazine groups is 1. The van der Waals surface area contributed by atoms with Gasteiger partial charge in [0.2, 0.25) is 0 Å². The van der Waals surface area contributed by atoms with Gasteiger partial charge in [0.25, 0.3) is 17.7 Å². The summed E-state index contributed by atoms with van der Waals surface area (Å²) in [5.41, 5.74) is 2.67. The Morgan fingerprint density at radius 1 is 1.13 bits per heavy atom. The Morgan fingerprint density at radius 3 is 2.48 bits per heavy atom. The summed E-state index contributed by atoms with van der Waals surface area (Å²) in [5.74, 6) is -0.571. The van der Waals surface area contributed by atoms with E-state index in [1.807, 2.05) is 11.4 Å². The summed E-state index contributed by atoms with van der Waals surface area (Å²) in [6, 6.07) is 9.60. The smallest absolute Gasteiger partial charge is 0.344 e. The van der Waals surface area contributed by atoms with Crippen molar-refractivity contribution in [2.24, 2.45) is 5.92 Å². The van der Waals surface area contributed by atoms with Gasteiger partial charge in [0.05, 0.1) is 4.88 Å². The van der Waals surface area contributed by atoms with Gasteiger partial charge in [-0.25, -0.2) is 4.79 Å². The van der Waals surface area contributed by atoms with Crippen LogP contribution < -0.4 is 16.1 Å². The van der Waals surface area contributed by atoms with Gasteiger partial charge in [-0.3, -0.25) is 19.8 Å². The van der Waals surface area contributed by atoms with Crippen LogP contribution in [0, 0.1) is 5.92 Å². The molecule has 1 aromatic heterocycles. The van der Waals surface area contributed by atoms with Gasteiger partial charge >= 0.3 is 6.03 Å². The van der Waals surface area contributed by atoms with E-state index >= 15 is 0 Å². The maximum Gasteiger partial charge on any atom is 0.344 e. The first kappa shape index (κ1) is 21.0. The van der Waals surface area contributed by atoms with E-state index in [0.717, 1.165) is 23.4 Å². The van der Waals surface area contributed by atoms with E-state index in [2.05, 4.69) is 23.0 Å². The molecule has 9 heteroatoms. The molecule has 8 nitrogen and oxygen atoms in total. The van der Waals surface area contributed by atoms with E-state index in [9.17, 15) is 19.2 Å². The first-order valence-corrected chi connectivity index (χ1v) is 11.1. The lowest BCUT2D eigenvalue weighted by molar-refractivity contribution is -0.134. The van der Waals surface area contributed by atoms with E-state index in [1.165, 1.54) is 11.3 Å². The van der Waals surface area contributed by atoms with Crippen LogP contribution in [-0.2, 0) is 11.3 Å². The number of nitrogens with zero attached hydrogens (tertiary/aromatic N) is 1.